The van der Waals surface area contributed by atoms with Crippen molar-refractivity contribution < 1.29 is 9.72 Å². The highest BCUT2D eigenvalue weighted by Crippen LogP contribution is 1.97. The molecule has 0 aromatic rings. The number of nitrogens with zero attached hydrogens (tertiary/aromatic N) is 1. The molecule has 13 heavy (non-hydrogen) atoms. The van der Waals surface area contributed by atoms with Crippen molar-refractivity contribution in [1.29, 1.82) is 0 Å². The third-order valence-corrected chi connectivity index (χ3v) is 1.61. The van der Waals surface area contributed by atoms with Crippen LogP contribution in [0.4, 0.5) is 0 Å². The zero-order valence-electron chi connectivity index (χ0n) is 7.86. The van der Waals surface area contributed by atoms with Crippen molar-refractivity contribution in [3.8, 4) is 0 Å². The second-order valence-corrected chi connectivity index (χ2v) is 2.77. The average molecular weight is 185 g/mol. The van der Waals surface area contributed by atoms with Gasteiger partial charge in [0.1, 0.15) is 0 Å². The summed E-state index contributed by atoms with van der Waals surface area (Å²) < 4.78 is 0. The van der Waals surface area contributed by atoms with Gasteiger partial charge in [0.05, 0.1) is 0 Å². The summed E-state index contributed by atoms with van der Waals surface area (Å²) in [7, 11) is 0. The number of carbonyl (C=O) groups is 1. The summed E-state index contributed by atoms with van der Waals surface area (Å²) in [6, 6.07) is 0. The first kappa shape index (κ1) is 11.8. The molecule has 0 aromatic carbocycles. The highest BCUT2D eigenvalue weighted by Gasteiger charge is 1.94. The standard InChI is InChI=1S/C9H15NO3/c1-2-9(11)7-5-3-4-6-8-10(12)13/h5,7H,2-4,6,8H2,1H3/b7-5+. The highest BCUT2D eigenvalue weighted by molar-refractivity contribution is 5.89. The van der Waals surface area contributed by atoms with Crippen LogP contribution in [-0.4, -0.2) is 17.3 Å². The number of rotatable bonds is 7. The summed E-state index contributed by atoms with van der Waals surface area (Å²) in [5.41, 5.74) is 0. The highest BCUT2D eigenvalue weighted by atomic mass is 16.6. The van der Waals surface area contributed by atoms with Crippen molar-refractivity contribution in [2.24, 2.45) is 0 Å². The molecule has 0 amide bonds. The number of ketones is 1. The Morgan fingerprint density at radius 3 is 2.69 bits per heavy atom. The van der Waals surface area contributed by atoms with E-state index in [9.17, 15) is 14.9 Å². The minimum atomic E-state index is -0.319. The molecule has 0 bridgehead atoms. The van der Waals surface area contributed by atoms with E-state index in [0.717, 1.165) is 12.8 Å². The Kier molecular flexibility index (Phi) is 6.78. The van der Waals surface area contributed by atoms with E-state index in [4.69, 9.17) is 0 Å². The zero-order valence-corrected chi connectivity index (χ0v) is 7.86. The lowest BCUT2D eigenvalue weighted by atomic mass is 10.2. The van der Waals surface area contributed by atoms with Crippen molar-refractivity contribution in [2.75, 3.05) is 6.54 Å². The largest absolute Gasteiger partial charge is 0.295 e. The second-order valence-electron chi connectivity index (χ2n) is 2.77. The van der Waals surface area contributed by atoms with E-state index in [-0.39, 0.29) is 17.3 Å². The number of hydrogen-bond donors (Lipinski definition) is 0. The summed E-state index contributed by atoms with van der Waals surface area (Å²) in [5.74, 6) is 0.106. The van der Waals surface area contributed by atoms with E-state index < -0.39 is 0 Å². The Morgan fingerprint density at radius 2 is 2.15 bits per heavy atom. The summed E-state index contributed by atoms with van der Waals surface area (Å²) in [6.45, 7) is 1.83. The molecule has 0 radical (unpaired) electrons. The van der Waals surface area contributed by atoms with Crippen molar-refractivity contribution in [3.63, 3.8) is 0 Å². The fraction of sp³-hybridized carbons (Fsp3) is 0.667. The maximum Gasteiger partial charge on any atom is 0.203 e. The van der Waals surface area contributed by atoms with Crippen LogP contribution in [0.3, 0.4) is 0 Å². The van der Waals surface area contributed by atoms with Crippen LogP contribution in [0.5, 0.6) is 0 Å². The van der Waals surface area contributed by atoms with Crippen LogP contribution in [0.2, 0.25) is 0 Å². The van der Waals surface area contributed by atoms with Gasteiger partial charge in [0.25, 0.3) is 0 Å². The fourth-order valence-electron chi connectivity index (χ4n) is 0.836. The van der Waals surface area contributed by atoms with E-state index in [2.05, 4.69) is 0 Å². The minimum absolute atomic E-state index is 0.0234. The molecular formula is C9H15NO3. The first-order valence-corrected chi connectivity index (χ1v) is 4.48. The predicted molar refractivity (Wildman–Crippen MR) is 50.2 cm³/mol. The molecule has 0 saturated heterocycles. The molecule has 0 spiro atoms. The van der Waals surface area contributed by atoms with Crippen LogP contribution >= 0.6 is 0 Å². The van der Waals surface area contributed by atoms with Crippen LogP contribution in [-0.2, 0) is 4.79 Å². The monoisotopic (exact) mass is 185 g/mol. The molecule has 0 rings (SSSR count). The average Bonchev–Trinajstić information content (AvgIpc) is 2.10. The molecule has 0 heterocycles. The predicted octanol–water partition coefficient (Wildman–Crippen LogP) is 1.97. The molecule has 0 fully saturated rings. The normalized spacial score (nSPS) is 10.5. The van der Waals surface area contributed by atoms with Crippen LogP contribution in [0, 0.1) is 10.1 Å². The van der Waals surface area contributed by atoms with Crippen molar-refractivity contribution in [3.05, 3.63) is 22.3 Å². The lowest BCUT2D eigenvalue weighted by Gasteiger charge is -1.91. The fourth-order valence-corrected chi connectivity index (χ4v) is 0.836. The molecule has 74 valence electrons. The maximum atomic E-state index is 10.8. The summed E-state index contributed by atoms with van der Waals surface area (Å²) in [4.78, 5) is 20.4. The number of allylic oxidation sites excluding steroid dienone is 2. The van der Waals surface area contributed by atoms with E-state index in [1.807, 2.05) is 0 Å². The molecule has 0 aliphatic carbocycles. The van der Waals surface area contributed by atoms with Crippen LogP contribution in [0.1, 0.15) is 32.6 Å². The van der Waals surface area contributed by atoms with Crippen molar-refractivity contribution in [1.82, 2.24) is 0 Å². The lowest BCUT2D eigenvalue weighted by molar-refractivity contribution is -0.480. The Hall–Kier alpha value is -1.19. The molecule has 0 saturated carbocycles. The summed E-state index contributed by atoms with van der Waals surface area (Å²) in [5, 5.41) is 9.92. The van der Waals surface area contributed by atoms with Gasteiger partial charge in [-0.1, -0.05) is 13.0 Å². The molecule has 4 heteroatoms. The van der Waals surface area contributed by atoms with Gasteiger partial charge in [0.15, 0.2) is 5.78 Å². The van der Waals surface area contributed by atoms with Crippen molar-refractivity contribution in [2.45, 2.75) is 32.6 Å². The molecule has 0 aromatic heterocycles. The third-order valence-electron chi connectivity index (χ3n) is 1.61. The van der Waals surface area contributed by atoms with E-state index in [1.165, 1.54) is 0 Å². The maximum absolute atomic E-state index is 10.8. The van der Waals surface area contributed by atoms with Gasteiger partial charge in [-0.3, -0.25) is 14.9 Å². The topological polar surface area (TPSA) is 60.2 Å². The molecule has 0 atom stereocenters. The molecule has 0 aliphatic heterocycles. The summed E-state index contributed by atoms with van der Waals surface area (Å²) >= 11 is 0. The Balaban J connectivity index is 3.30. The molecule has 0 N–H and O–H groups in total. The number of nitro groups is 1. The molecule has 0 aliphatic rings. The number of carbonyl (C=O) groups excluding carboxylic acids is 1. The van der Waals surface area contributed by atoms with E-state index >= 15 is 0 Å². The Bertz CT molecular complexity index is 199. The van der Waals surface area contributed by atoms with E-state index in [0.29, 0.717) is 12.8 Å². The molecular weight excluding hydrogens is 170 g/mol. The molecule has 0 unspecified atom stereocenters. The lowest BCUT2D eigenvalue weighted by Crippen LogP contribution is -1.99. The van der Waals surface area contributed by atoms with Gasteiger partial charge in [-0.25, -0.2) is 0 Å². The van der Waals surface area contributed by atoms with Gasteiger partial charge in [0.2, 0.25) is 6.54 Å². The van der Waals surface area contributed by atoms with Crippen molar-refractivity contribution >= 4 is 5.78 Å². The minimum Gasteiger partial charge on any atom is -0.295 e. The number of unbranched alkanes of at least 4 members (excludes halogenated alkanes) is 2. The zero-order chi connectivity index (χ0) is 10.1. The van der Waals surface area contributed by atoms with Gasteiger partial charge < -0.3 is 0 Å². The smallest absolute Gasteiger partial charge is 0.203 e. The van der Waals surface area contributed by atoms with Crippen LogP contribution < -0.4 is 0 Å². The Labute approximate surface area is 77.8 Å². The first-order chi connectivity index (χ1) is 6.16. The van der Waals surface area contributed by atoms with Crippen LogP contribution in [0.15, 0.2) is 12.2 Å². The Morgan fingerprint density at radius 1 is 1.46 bits per heavy atom. The SMILES string of the molecule is CCC(=O)/C=C/CCCC[N+](=O)[O-]. The van der Waals surface area contributed by atoms with Gasteiger partial charge in [-0.05, 0) is 18.9 Å². The van der Waals surface area contributed by atoms with Gasteiger partial charge >= 0.3 is 0 Å². The second kappa shape index (κ2) is 7.46. The third kappa shape index (κ3) is 8.72. The quantitative estimate of drug-likeness (QED) is 0.263. The molecule has 4 nitrogen and oxygen atoms in total. The first-order valence-electron chi connectivity index (χ1n) is 4.48. The summed E-state index contributed by atoms with van der Waals surface area (Å²) in [6.07, 6.45) is 5.95. The van der Waals surface area contributed by atoms with Gasteiger partial charge in [-0.2, -0.15) is 0 Å². The van der Waals surface area contributed by atoms with E-state index in [1.54, 1.807) is 19.1 Å². The van der Waals surface area contributed by atoms with Gasteiger partial charge in [0, 0.05) is 17.8 Å². The number of hydrogen-bond acceptors (Lipinski definition) is 3. The van der Waals surface area contributed by atoms with Gasteiger partial charge in [-0.15, -0.1) is 0 Å². The van der Waals surface area contributed by atoms with Crippen LogP contribution in [0.25, 0.3) is 0 Å².